The molecule has 2 saturated heterocycles. The maximum Gasteiger partial charge on any atom is 0.229 e. The molecule has 12 heteroatoms. The molecule has 0 saturated carbocycles. The molecule has 0 amide bonds. The number of benzene rings is 2. The van der Waals surface area contributed by atoms with E-state index in [9.17, 15) is 40.9 Å². The standard InChI is InChI=1S/C22H28O12/c1-8-4-9-10(23)2-3-13(15(9)11(24)5-8)33-22-20(30)18(28)17(27)14(34-22)7-32-21-19(29)16(26)12(25)6-31-21/h2-5,12,14,16-30H,6-7H2,1H3/t12-,14+,16+,17+,18-,19-,20+,21+,22-/m0/s1. The first-order chi connectivity index (χ1) is 16.1. The first-order valence-electron chi connectivity index (χ1n) is 10.7. The topological polar surface area (TPSA) is 199 Å². The van der Waals surface area contributed by atoms with Gasteiger partial charge in [0.25, 0.3) is 0 Å². The summed E-state index contributed by atoms with van der Waals surface area (Å²) in [4.78, 5) is 0. The molecule has 0 aliphatic carbocycles. The Morgan fingerprint density at radius 3 is 2.29 bits per heavy atom. The Bertz CT molecular complexity index is 1020. The lowest BCUT2D eigenvalue weighted by Crippen LogP contribution is -2.61. The van der Waals surface area contributed by atoms with Gasteiger partial charge in [-0.2, -0.15) is 0 Å². The molecule has 12 nitrogen and oxygen atoms in total. The van der Waals surface area contributed by atoms with E-state index in [-0.39, 0.29) is 29.2 Å². The molecule has 0 radical (unpaired) electrons. The Morgan fingerprint density at radius 1 is 0.853 bits per heavy atom. The number of hydrogen-bond donors (Lipinski definition) is 8. The van der Waals surface area contributed by atoms with Crippen LogP contribution in [0, 0.1) is 6.92 Å². The summed E-state index contributed by atoms with van der Waals surface area (Å²) in [6.07, 6.45) is -13.4. The van der Waals surface area contributed by atoms with Gasteiger partial charge in [-0.3, -0.25) is 0 Å². The highest BCUT2D eigenvalue weighted by atomic mass is 16.7. The molecule has 0 spiro atoms. The Kier molecular flexibility index (Phi) is 7.14. The van der Waals surface area contributed by atoms with Crippen LogP contribution in [0.3, 0.4) is 0 Å². The summed E-state index contributed by atoms with van der Waals surface area (Å²) in [5.41, 5.74) is 0.687. The van der Waals surface area contributed by atoms with E-state index in [4.69, 9.17) is 18.9 Å². The third-order valence-corrected chi connectivity index (χ3v) is 5.97. The molecule has 0 bridgehead atoms. The van der Waals surface area contributed by atoms with Crippen molar-refractivity contribution < 1.29 is 59.8 Å². The van der Waals surface area contributed by atoms with Gasteiger partial charge in [-0.25, -0.2) is 0 Å². The van der Waals surface area contributed by atoms with Crippen molar-refractivity contribution in [3.8, 4) is 17.2 Å². The van der Waals surface area contributed by atoms with Crippen molar-refractivity contribution in [2.75, 3.05) is 13.2 Å². The predicted octanol–water partition coefficient (Wildman–Crippen LogP) is -1.80. The van der Waals surface area contributed by atoms with Crippen molar-refractivity contribution in [3.63, 3.8) is 0 Å². The fourth-order valence-corrected chi connectivity index (χ4v) is 4.05. The molecule has 2 aromatic carbocycles. The van der Waals surface area contributed by atoms with Crippen LogP contribution in [0.4, 0.5) is 0 Å². The number of aliphatic hydroxyl groups excluding tert-OH is 6. The van der Waals surface area contributed by atoms with Crippen molar-refractivity contribution in [2.24, 2.45) is 0 Å². The number of ether oxygens (including phenoxy) is 4. The smallest absolute Gasteiger partial charge is 0.229 e. The van der Waals surface area contributed by atoms with Crippen LogP contribution in [0.25, 0.3) is 10.8 Å². The minimum absolute atomic E-state index is 0.0424. The first kappa shape index (κ1) is 24.9. The summed E-state index contributed by atoms with van der Waals surface area (Å²) < 4.78 is 21.8. The lowest BCUT2D eigenvalue weighted by Gasteiger charge is -2.41. The van der Waals surface area contributed by atoms with Crippen molar-refractivity contribution in [1.82, 2.24) is 0 Å². The molecule has 34 heavy (non-hydrogen) atoms. The Balaban J connectivity index is 1.51. The van der Waals surface area contributed by atoms with E-state index in [0.717, 1.165) is 0 Å². The number of rotatable bonds is 5. The van der Waals surface area contributed by atoms with Crippen LogP contribution in [-0.4, -0.2) is 109 Å². The van der Waals surface area contributed by atoms with Crippen molar-refractivity contribution in [1.29, 1.82) is 0 Å². The highest BCUT2D eigenvalue weighted by molar-refractivity contribution is 5.98. The van der Waals surface area contributed by atoms with Gasteiger partial charge in [0.15, 0.2) is 6.29 Å². The SMILES string of the molecule is Cc1cc(O)c2c(O[C@H]3O[C@H](CO[C@H]4OC[C@H](O)[C@@H](O)[C@@H]4O)[C@@H](O)[C@H](O)[C@H]3O)ccc(O)c2c1. The van der Waals surface area contributed by atoms with Gasteiger partial charge >= 0.3 is 0 Å². The van der Waals surface area contributed by atoms with E-state index < -0.39 is 61.9 Å². The van der Waals surface area contributed by atoms with Gasteiger partial charge in [-0.15, -0.1) is 0 Å². The highest BCUT2D eigenvalue weighted by Gasteiger charge is 2.46. The van der Waals surface area contributed by atoms with Crippen LogP contribution >= 0.6 is 0 Å². The normalized spacial score (nSPS) is 36.5. The summed E-state index contributed by atoms with van der Waals surface area (Å²) in [5, 5.41) is 81.4. The summed E-state index contributed by atoms with van der Waals surface area (Å²) in [5.74, 6) is -0.247. The van der Waals surface area contributed by atoms with Gasteiger partial charge in [0.1, 0.15) is 60.0 Å². The van der Waals surface area contributed by atoms with Crippen LogP contribution in [0.2, 0.25) is 0 Å². The number of aliphatic hydroxyl groups is 6. The molecule has 2 fully saturated rings. The third kappa shape index (κ3) is 4.64. The Hall–Kier alpha value is -2.26. The number of aromatic hydroxyl groups is 2. The van der Waals surface area contributed by atoms with Gasteiger partial charge in [-0.05, 0) is 36.8 Å². The average molecular weight is 484 g/mol. The second-order valence-corrected chi connectivity index (χ2v) is 8.51. The zero-order valence-corrected chi connectivity index (χ0v) is 18.1. The minimum Gasteiger partial charge on any atom is -0.507 e. The summed E-state index contributed by atoms with van der Waals surface area (Å²) in [6.45, 7) is 1.01. The molecular formula is C22H28O12. The second kappa shape index (κ2) is 9.77. The molecule has 2 aliphatic rings. The van der Waals surface area contributed by atoms with Gasteiger partial charge in [0, 0.05) is 5.39 Å². The van der Waals surface area contributed by atoms with Crippen molar-refractivity contribution in [3.05, 3.63) is 29.8 Å². The van der Waals surface area contributed by atoms with E-state index in [1.807, 2.05) is 0 Å². The molecule has 2 heterocycles. The van der Waals surface area contributed by atoms with E-state index >= 15 is 0 Å². The fraction of sp³-hybridized carbons (Fsp3) is 0.545. The second-order valence-electron chi connectivity index (χ2n) is 8.51. The third-order valence-electron chi connectivity index (χ3n) is 5.97. The van der Waals surface area contributed by atoms with Crippen LogP contribution in [0.5, 0.6) is 17.2 Å². The monoisotopic (exact) mass is 484 g/mol. The molecular weight excluding hydrogens is 456 g/mol. The van der Waals surface area contributed by atoms with Crippen molar-refractivity contribution >= 4 is 10.8 Å². The van der Waals surface area contributed by atoms with Gasteiger partial charge in [-0.1, -0.05) is 0 Å². The van der Waals surface area contributed by atoms with Crippen LogP contribution < -0.4 is 4.74 Å². The van der Waals surface area contributed by atoms with E-state index in [1.165, 1.54) is 18.2 Å². The maximum absolute atomic E-state index is 10.4. The number of phenolic OH excluding ortho intramolecular Hbond substituents is 2. The summed E-state index contributed by atoms with van der Waals surface area (Å²) >= 11 is 0. The lowest BCUT2D eigenvalue weighted by atomic mass is 9.99. The van der Waals surface area contributed by atoms with E-state index in [1.54, 1.807) is 13.0 Å². The molecule has 9 atom stereocenters. The first-order valence-corrected chi connectivity index (χ1v) is 10.7. The van der Waals surface area contributed by atoms with E-state index in [0.29, 0.717) is 10.9 Å². The van der Waals surface area contributed by atoms with Gasteiger partial charge in [0.05, 0.1) is 18.6 Å². The number of phenols is 2. The number of hydrogen-bond acceptors (Lipinski definition) is 12. The van der Waals surface area contributed by atoms with Gasteiger partial charge < -0.3 is 59.8 Å². The predicted molar refractivity (Wildman–Crippen MR) is 113 cm³/mol. The summed E-state index contributed by atoms with van der Waals surface area (Å²) in [7, 11) is 0. The van der Waals surface area contributed by atoms with Crippen molar-refractivity contribution in [2.45, 2.75) is 62.2 Å². The minimum atomic E-state index is -1.70. The lowest BCUT2D eigenvalue weighted by molar-refractivity contribution is -0.307. The highest BCUT2D eigenvalue weighted by Crippen LogP contribution is 2.40. The molecule has 4 rings (SSSR count). The summed E-state index contributed by atoms with van der Waals surface area (Å²) in [6, 6.07) is 5.78. The molecule has 188 valence electrons. The maximum atomic E-state index is 10.4. The number of aryl methyl sites for hydroxylation is 1. The van der Waals surface area contributed by atoms with Crippen LogP contribution in [0.1, 0.15) is 5.56 Å². The average Bonchev–Trinajstić information content (AvgIpc) is 2.79. The Labute approximate surface area is 193 Å². The largest absolute Gasteiger partial charge is 0.507 e. The van der Waals surface area contributed by atoms with Crippen LogP contribution in [-0.2, 0) is 14.2 Å². The Morgan fingerprint density at radius 2 is 1.56 bits per heavy atom. The molecule has 0 aromatic heterocycles. The quantitative estimate of drug-likeness (QED) is 0.237. The van der Waals surface area contributed by atoms with E-state index in [2.05, 4.69) is 0 Å². The molecule has 2 aromatic rings. The molecule has 2 aliphatic heterocycles. The molecule has 0 unspecified atom stereocenters. The zero-order valence-electron chi connectivity index (χ0n) is 18.1. The van der Waals surface area contributed by atoms with Gasteiger partial charge in [0.2, 0.25) is 6.29 Å². The fourth-order valence-electron chi connectivity index (χ4n) is 4.05. The van der Waals surface area contributed by atoms with Crippen LogP contribution in [0.15, 0.2) is 24.3 Å². The number of fused-ring (bicyclic) bond motifs is 1. The zero-order chi connectivity index (χ0) is 24.7. The molecule has 8 N–H and O–H groups in total.